The standard InChI is InChI=1S/C32H31F4N3O3S/c1-38(20-22-9-11-25(41-2)12-10-22)31(40)39(28-18-27(33)24(17-29(28)42-3)15-16-32(34,35)36)30-14-13-26(19-37-30)43-21-23-7-5-4-6-8-23/h4-14,17-19H,15-16,20-21H2,1-3H3. The number of amides is 2. The van der Waals surface area contributed by atoms with Gasteiger partial charge in [-0.05, 0) is 53.4 Å². The zero-order valence-corrected chi connectivity index (χ0v) is 24.7. The summed E-state index contributed by atoms with van der Waals surface area (Å²) in [6.45, 7) is 0.207. The molecule has 0 aliphatic heterocycles. The Balaban J connectivity index is 1.66. The van der Waals surface area contributed by atoms with Crippen LogP contribution in [-0.2, 0) is 18.7 Å². The van der Waals surface area contributed by atoms with E-state index in [0.29, 0.717) is 11.5 Å². The second-order valence-corrected chi connectivity index (χ2v) is 10.7. The van der Waals surface area contributed by atoms with Gasteiger partial charge in [0.1, 0.15) is 23.1 Å². The van der Waals surface area contributed by atoms with Gasteiger partial charge < -0.3 is 14.4 Å². The van der Waals surface area contributed by atoms with Crippen molar-refractivity contribution in [3.63, 3.8) is 0 Å². The summed E-state index contributed by atoms with van der Waals surface area (Å²) in [5.41, 5.74) is 1.80. The fourth-order valence-electron chi connectivity index (χ4n) is 4.29. The van der Waals surface area contributed by atoms with E-state index in [-0.39, 0.29) is 29.4 Å². The van der Waals surface area contributed by atoms with Gasteiger partial charge in [0.05, 0.1) is 19.9 Å². The van der Waals surface area contributed by atoms with Crippen molar-refractivity contribution >= 4 is 29.3 Å². The third-order valence-electron chi connectivity index (χ3n) is 6.56. The van der Waals surface area contributed by atoms with Crippen molar-refractivity contribution in [1.29, 1.82) is 0 Å². The molecule has 0 radical (unpaired) electrons. The average Bonchev–Trinajstić information content (AvgIpc) is 3.00. The summed E-state index contributed by atoms with van der Waals surface area (Å²) in [5.74, 6) is 0.726. The van der Waals surface area contributed by atoms with Crippen molar-refractivity contribution < 1.29 is 31.8 Å². The molecule has 4 aromatic rings. The van der Waals surface area contributed by atoms with Crippen molar-refractivity contribution in [2.75, 3.05) is 26.2 Å². The summed E-state index contributed by atoms with van der Waals surface area (Å²) >= 11 is 1.57. The molecule has 1 aromatic heterocycles. The van der Waals surface area contributed by atoms with Gasteiger partial charge >= 0.3 is 12.2 Å². The van der Waals surface area contributed by atoms with E-state index in [1.165, 1.54) is 23.0 Å². The normalized spacial score (nSPS) is 11.2. The summed E-state index contributed by atoms with van der Waals surface area (Å²) in [7, 11) is 4.46. The van der Waals surface area contributed by atoms with Gasteiger partial charge in [-0.15, -0.1) is 11.8 Å². The van der Waals surface area contributed by atoms with Crippen LogP contribution in [0.3, 0.4) is 0 Å². The Hall–Kier alpha value is -4.25. The van der Waals surface area contributed by atoms with Gasteiger partial charge in [0.25, 0.3) is 0 Å². The predicted molar refractivity (Wildman–Crippen MR) is 160 cm³/mol. The molecule has 11 heteroatoms. The molecule has 0 aliphatic rings. The number of rotatable bonds is 11. The van der Waals surface area contributed by atoms with Crippen molar-refractivity contribution in [2.45, 2.75) is 36.2 Å². The van der Waals surface area contributed by atoms with E-state index < -0.39 is 30.9 Å². The number of halogens is 4. The Bertz CT molecular complexity index is 1500. The number of hydrogen-bond acceptors (Lipinski definition) is 5. The van der Waals surface area contributed by atoms with Gasteiger partial charge in [0, 0.05) is 42.9 Å². The van der Waals surface area contributed by atoms with Crippen LogP contribution >= 0.6 is 11.8 Å². The van der Waals surface area contributed by atoms with Gasteiger partial charge in [0.15, 0.2) is 0 Å². The molecule has 0 atom stereocenters. The number of aromatic nitrogens is 1. The summed E-state index contributed by atoms with van der Waals surface area (Å²) in [6, 6.07) is 22.2. The highest BCUT2D eigenvalue weighted by atomic mass is 32.2. The van der Waals surface area contributed by atoms with Crippen LogP contribution in [0.25, 0.3) is 0 Å². The van der Waals surface area contributed by atoms with Crippen LogP contribution in [0.2, 0.25) is 0 Å². The zero-order chi connectivity index (χ0) is 31.0. The Kier molecular flexibility index (Phi) is 10.5. The van der Waals surface area contributed by atoms with Crippen LogP contribution in [0.5, 0.6) is 11.5 Å². The first kappa shape index (κ1) is 31.7. The van der Waals surface area contributed by atoms with Crippen molar-refractivity contribution in [3.8, 4) is 11.5 Å². The number of nitrogens with zero attached hydrogens (tertiary/aromatic N) is 3. The molecule has 0 fully saturated rings. The lowest BCUT2D eigenvalue weighted by molar-refractivity contribution is -0.134. The quantitative estimate of drug-likeness (QED) is 0.126. The van der Waals surface area contributed by atoms with Gasteiger partial charge in [-0.2, -0.15) is 13.2 Å². The lowest BCUT2D eigenvalue weighted by Crippen LogP contribution is -2.38. The van der Waals surface area contributed by atoms with E-state index in [1.807, 2.05) is 42.5 Å². The molecule has 0 unspecified atom stereocenters. The second kappa shape index (κ2) is 14.3. The number of alkyl halides is 3. The van der Waals surface area contributed by atoms with Crippen LogP contribution < -0.4 is 14.4 Å². The SMILES string of the molecule is COc1ccc(CN(C)C(=O)N(c2ccc(SCc3ccccc3)cn2)c2cc(F)c(CCC(F)(F)F)cc2OC)cc1. The number of ether oxygens (including phenoxy) is 2. The topological polar surface area (TPSA) is 54.9 Å². The number of thioether (sulfide) groups is 1. The largest absolute Gasteiger partial charge is 0.497 e. The van der Waals surface area contributed by atoms with E-state index in [0.717, 1.165) is 22.1 Å². The number of carbonyl (C=O) groups is 1. The smallest absolute Gasteiger partial charge is 0.389 e. The highest BCUT2D eigenvalue weighted by Gasteiger charge is 2.30. The molecule has 0 spiro atoms. The van der Waals surface area contributed by atoms with Gasteiger partial charge in [-0.25, -0.2) is 19.1 Å². The maximum atomic E-state index is 15.2. The number of aryl methyl sites for hydroxylation is 1. The number of benzene rings is 3. The first-order valence-electron chi connectivity index (χ1n) is 13.3. The highest BCUT2D eigenvalue weighted by molar-refractivity contribution is 7.98. The van der Waals surface area contributed by atoms with E-state index in [1.54, 1.807) is 56.4 Å². The minimum absolute atomic E-state index is 0.0135. The van der Waals surface area contributed by atoms with Crippen LogP contribution in [-0.4, -0.2) is 43.4 Å². The molecule has 0 N–H and O–H groups in total. The first-order chi connectivity index (χ1) is 20.6. The van der Waals surface area contributed by atoms with E-state index in [9.17, 15) is 18.0 Å². The van der Waals surface area contributed by atoms with Crippen LogP contribution in [0, 0.1) is 5.82 Å². The minimum Gasteiger partial charge on any atom is -0.497 e. The van der Waals surface area contributed by atoms with Crippen molar-refractivity contribution in [1.82, 2.24) is 9.88 Å². The van der Waals surface area contributed by atoms with Crippen molar-refractivity contribution in [3.05, 3.63) is 108 Å². The van der Waals surface area contributed by atoms with E-state index >= 15 is 4.39 Å². The van der Waals surface area contributed by atoms with Gasteiger partial charge in [-0.1, -0.05) is 42.5 Å². The summed E-state index contributed by atoms with van der Waals surface area (Å²) in [4.78, 5) is 21.9. The third-order valence-corrected chi connectivity index (χ3v) is 7.61. The van der Waals surface area contributed by atoms with E-state index in [4.69, 9.17) is 9.47 Å². The maximum absolute atomic E-state index is 15.2. The third kappa shape index (κ3) is 8.63. The summed E-state index contributed by atoms with van der Waals surface area (Å²) in [6.07, 6.45) is -4.59. The van der Waals surface area contributed by atoms with Crippen LogP contribution in [0.4, 0.5) is 33.9 Å². The first-order valence-corrected chi connectivity index (χ1v) is 14.3. The minimum atomic E-state index is -4.45. The number of methoxy groups -OCH3 is 2. The Morgan fingerprint density at radius 2 is 1.65 bits per heavy atom. The molecule has 0 saturated heterocycles. The molecule has 0 saturated carbocycles. The molecule has 4 rings (SSSR count). The van der Waals surface area contributed by atoms with Crippen LogP contribution in [0.1, 0.15) is 23.1 Å². The van der Waals surface area contributed by atoms with E-state index in [2.05, 4.69) is 4.98 Å². The lowest BCUT2D eigenvalue weighted by atomic mass is 10.1. The molecule has 0 aliphatic carbocycles. The number of hydrogen-bond donors (Lipinski definition) is 0. The Morgan fingerprint density at radius 1 is 0.930 bits per heavy atom. The Labute approximate surface area is 252 Å². The fourth-order valence-corrected chi connectivity index (χ4v) is 5.11. The lowest BCUT2D eigenvalue weighted by Gasteiger charge is -2.29. The number of anilines is 2. The monoisotopic (exact) mass is 613 g/mol. The molecule has 0 bridgehead atoms. The molecule has 6 nitrogen and oxygen atoms in total. The number of carbonyl (C=O) groups excluding carboxylic acids is 1. The van der Waals surface area contributed by atoms with Crippen molar-refractivity contribution in [2.24, 2.45) is 0 Å². The van der Waals surface area contributed by atoms with Crippen LogP contribution in [0.15, 0.2) is 90.0 Å². The molecule has 226 valence electrons. The summed E-state index contributed by atoms with van der Waals surface area (Å²) < 4.78 is 64.4. The molecule has 43 heavy (non-hydrogen) atoms. The molecule has 1 heterocycles. The number of urea groups is 1. The Morgan fingerprint density at radius 3 is 2.26 bits per heavy atom. The second-order valence-electron chi connectivity index (χ2n) is 9.68. The van der Waals surface area contributed by atoms with Gasteiger partial charge in [0.2, 0.25) is 0 Å². The maximum Gasteiger partial charge on any atom is 0.389 e. The fraction of sp³-hybridized carbons (Fsp3) is 0.250. The number of pyridine rings is 1. The molecule has 2 amide bonds. The molecular formula is C32H31F4N3O3S. The average molecular weight is 614 g/mol. The van der Waals surface area contributed by atoms with Gasteiger partial charge in [-0.3, -0.25) is 0 Å². The highest BCUT2D eigenvalue weighted by Crippen LogP contribution is 2.38. The predicted octanol–water partition coefficient (Wildman–Crippen LogP) is 8.42. The zero-order valence-electron chi connectivity index (χ0n) is 23.9. The molecule has 3 aromatic carbocycles. The molecular weight excluding hydrogens is 582 g/mol. The summed E-state index contributed by atoms with van der Waals surface area (Å²) in [5, 5.41) is 0.